The van der Waals surface area contributed by atoms with E-state index in [0.29, 0.717) is 29.7 Å². The molecule has 1 aromatic heterocycles. The van der Waals surface area contributed by atoms with Gasteiger partial charge in [0.25, 0.3) is 0 Å². The molecule has 0 spiro atoms. The van der Waals surface area contributed by atoms with Gasteiger partial charge in [0.15, 0.2) is 22.7 Å². The lowest BCUT2D eigenvalue weighted by molar-refractivity contribution is 0.0709. The van der Waals surface area contributed by atoms with Crippen molar-refractivity contribution in [3.63, 3.8) is 0 Å². The van der Waals surface area contributed by atoms with Gasteiger partial charge in [0.05, 0.1) is 11.5 Å². The average Bonchev–Trinajstić information content (AvgIpc) is 2.98. The highest BCUT2D eigenvalue weighted by Gasteiger charge is 2.46. The second kappa shape index (κ2) is 10.1. The molecule has 2 aliphatic heterocycles. The lowest BCUT2D eigenvalue weighted by atomic mass is 9.78. The summed E-state index contributed by atoms with van der Waals surface area (Å²) < 4.78 is 18.8. The Morgan fingerprint density at radius 1 is 0.783 bits per heavy atom. The highest BCUT2D eigenvalue weighted by atomic mass is 16.5. The summed E-state index contributed by atoms with van der Waals surface area (Å²) in [6, 6.07) is 13.0. The van der Waals surface area contributed by atoms with Crippen molar-refractivity contribution < 1.29 is 49.3 Å². The number of hydrogen-bond donors (Lipinski definition) is 6. The first-order chi connectivity index (χ1) is 21.8. The zero-order valence-electron chi connectivity index (χ0n) is 24.6. The Morgan fingerprint density at radius 3 is 2.24 bits per heavy atom. The Morgan fingerprint density at radius 2 is 1.52 bits per heavy atom. The molecule has 5 aromatic rings. The van der Waals surface area contributed by atoms with Crippen LogP contribution in [0.3, 0.4) is 0 Å². The molecule has 0 radical (unpaired) electrons. The summed E-state index contributed by atoms with van der Waals surface area (Å²) in [5, 5.41) is 62.8. The molecule has 0 aliphatic carbocycles. The molecule has 3 heterocycles. The first-order valence-corrected chi connectivity index (χ1v) is 14.5. The molecule has 46 heavy (non-hydrogen) atoms. The standard InChI is InChI=1S/C35H28O11/c1-35(2)10-9-18-26(46-35)14-24(42)29-31(43)30(32(45-33(18)29)15-3-6-17(36)7-4-15)28-22(40)12-21(39)27-23(41)13-25(44-34(27)28)16-5-8-19(37)20(38)11-16/h3-8,11-14,30,32,36-40,42H,9-10H2,1-2H3. The Balaban J connectivity index is 1.51. The van der Waals surface area contributed by atoms with Crippen molar-refractivity contribution in [1.82, 2.24) is 0 Å². The van der Waals surface area contributed by atoms with Crippen LogP contribution >= 0.6 is 0 Å². The van der Waals surface area contributed by atoms with Crippen molar-refractivity contribution in [1.29, 1.82) is 0 Å². The van der Waals surface area contributed by atoms with Gasteiger partial charge in [-0.15, -0.1) is 0 Å². The Hall–Kier alpha value is -5.84. The highest BCUT2D eigenvalue weighted by molar-refractivity contribution is 6.09. The van der Waals surface area contributed by atoms with Gasteiger partial charge in [-0.2, -0.15) is 0 Å². The number of rotatable bonds is 3. The number of Topliss-reactive ketones (excluding diaryl/α,β-unsaturated/α-hetero) is 1. The minimum Gasteiger partial charge on any atom is -0.508 e. The second-order valence-corrected chi connectivity index (χ2v) is 12.1. The maximum Gasteiger partial charge on any atom is 0.197 e. The van der Waals surface area contributed by atoms with Crippen molar-refractivity contribution in [3.05, 3.63) is 93.1 Å². The number of benzene rings is 4. The molecular weight excluding hydrogens is 596 g/mol. The summed E-state index contributed by atoms with van der Waals surface area (Å²) >= 11 is 0. The number of ketones is 1. The minimum atomic E-state index is -1.43. The van der Waals surface area contributed by atoms with Gasteiger partial charge in [-0.25, -0.2) is 0 Å². The monoisotopic (exact) mass is 624 g/mol. The summed E-state index contributed by atoms with van der Waals surface area (Å²) in [6.45, 7) is 3.82. The highest BCUT2D eigenvalue weighted by Crippen LogP contribution is 2.55. The van der Waals surface area contributed by atoms with E-state index in [1.54, 1.807) is 12.1 Å². The molecule has 0 amide bonds. The number of fused-ring (bicyclic) bond motifs is 4. The van der Waals surface area contributed by atoms with Crippen LogP contribution < -0.4 is 14.9 Å². The zero-order chi connectivity index (χ0) is 32.7. The third-order valence-electron chi connectivity index (χ3n) is 8.55. The predicted molar refractivity (Wildman–Crippen MR) is 164 cm³/mol. The van der Waals surface area contributed by atoms with Crippen molar-refractivity contribution in [2.75, 3.05) is 0 Å². The fourth-order valence-electron chi connectivity index (χ4n) is 6.27. The van der Waals surface area contributed by atoms with Crippen molar-refractivity contribution in [3.8, 4) is 57.3 Å². The van der Waals surface area contributed by atoms with Crippen molar-refractivity contribution in [2.45, 2.75) is 44.3 Å². The number of hydrogen-bond acceptors (Lipinski definition) is 11. The van der Waals surface area contributed by atoms with Gasteiger partial charge in [-0.05, 0) is 62.6 Å². The quantitative estimate of drug-likeness (QED) is 0.131. The maximum absolute atomic E-state index is 14.6. The molecule has 2 atom stereocenters. The normalized spacial score (nSPS) is 18.3. The van der Waals surface area contributed by atoms with E-state index in [-0.39, 0.29) is 44.9 Å². The maximum atomic E-state index is 14.6. The van der Waals surface area contributed by atoms with E-state index in [1.165, 1.54) is 30.3 Å². The Kier molecular flexibility index (Phi) is 6.34. The lowest BCUT2D eigenvalue weighted by Crippen LogP contribution is -2.35. The van der Waals surface area contributed by atoms with Crippen LogP contribution in [0.15, 0.2) is 69.9 Å². The topological polar surface area (TPSA) is 187 Å². The number of phenolic OH excluding ortho intramolecular Hbond substituents is 6. The van der Waals surface area contributed by atoms with E-state index in [0.717, 1.165) is 18.2 Å². The van der Waals surface area contributed by atoms with Crippen LogP contribution in [-0.2, 0) is 6.42 Å². The lowest BCUT2D eigenvalue weighted by Gasteiger charge is -2.38. The fourth-order valence-corrected chi connectivity index (χ4v) is 6.27. The molecule has 234 valence electrons. The predicted octanol–water partition coefficient (Wildman–Crippen LogP) is 5.90. The third-order valence-corrected chi connectivity index (χ3v) is 8.55. The minimum absolute atomic E-state index is 0.0424. The summed E-state index contributed by atoms with van der Waals surface area (Å²) in [6.07, 6.45) is -0.0885. The van der Waals surface area contributed by atoms with E-state index >= 15 is 0 Å². The molecule has 11 heteroatoms. The van der Waals surface area contributed by atoms with Gasteiger partial charge < -0.3 is 44.5 Å². The molecule has 4 aromatic carbocycles. The fraction of sp³-hybridized carbons (Fsp3) is 0.200. The van der Waals surface area contributed by atoms with E-state index in [1.807, 2.05) is 13.8 Å². The third kappa shape index (κ3) is 4.50. The van der Waals surface area contributed by atoms with Crippen LogP contribution in [-0.4, -0.2) is 42.0 Å². The van der Waals surface area contributed by atoms with E-state index in [9.17, 15) is 40.2 Å². The summed E-state index contributed by atoms with van der Waals surface area (Å²) in [7, 11) is 0. The van der Waals surface area contributed by atoms with Crippen LogP contribution in [0, 0.1) is 0 Å². The SMILES string of the molecule is CC1(C)CCc2c(cc(O)c3c2OC(c2ccc(O)cc2)C(c2c(O)cc(O)c4c(=O)cc(-c5ccc(O)c(O)c5)oc24)C3=O)O1. The number of ether oxygens (including phenoxy) is 2. The van der Waals surface area contributed by atoms with Crippen LogP contribution in [0.4, 0.5) is 0 Å². The number of carbonyl (C=O) groups excluding carboxylic acids is 1. The van der Waals surface area contributed by atoms with Gasteiger partial charge in [-0.1, -0.05) is 12.1 Å². The summed E-state index contributed by atoms with van der Waals surface area (Å²) in [4.78, 5) is 28.0. The molecule has 0 saturated heterocycles. The van der Waals surface area contributed by atoms with Crippen molar-refractivity contribution in [2.24, 2.45) is 0 Å². The zero-order valence-corrected chi connectivity index (χ0v) is 24.6. The number of aromatic hydroxyl groups is 6. The molecule has 0 bridgehead atoms. The molecule has 2 aliphatic rings. The first kappa shape index (κ1) is 28.9. The van der Waals surface area contributed by atoms with Crippen LogP contribution in [0.5, 0.6) is 46.0 Å². The first-order valence-electron chi connectivity index (χ1n) is 14.5. The molecule has 0 saturated carbocycles. The average molecular weight is 625 g/mol. The van der Waals surface area contributed by atoms with Crippen LogP contribution in [0.25, 0.3) is 22.3 Å². The van der Waals surface area contributed by atoms with Gasteiger partial charge in [0.2, 0.25) is 0 Å². The molecule has 7 rings (SSSR count). The molecule has 0 fully saturated rings. The molecule has 11 nitrogen and oxygen atoms in total. The summed E-state index contributed by atoms with van der Waals surface area (Å²) in [5.74, 6) is -4.23. The van der Waals surface area contributed by atoms with E-state index < -0.39 is 57.6 Å². The second-order valence-electron chi connectivity index (χ2n) is 12.1. The van der Waals surface area contributed by atoms with Crippen molar-refractivity contribution >= 4 is 16.8 Å². The van der Waals surface area contributed by atoms with Gasteiger partial charge in [-0.3, -0.25) is 9.59 Å². The molecule has 2 unspecified atom stereocenters. The number of carbonyl (C=O) groups is 1. The summed E-state index contributed by atoms with van der Waals surface area (Å²) in [5.41, 5.74) is -0.730. The molecular formula is C35H28O11. The van der Waals surface area contributed by atoms with E-state index in [4.69, 9.17) is 13.9 Å². The van der Waals surface area contributed by atoms with Crippen LogP contribution in [0.2, 0.25) is 0 Å². The Bertz CT molecular complexity index is 2140. The number of phenols is 6. The van der Waals surface area contributed by atoms with Crippen LogP contribution in [0.1, 0.15) is 59.3 Å². The van der Waals surface area contributed by atoms with Gasteiger partial charge in [0, 0.05) is 29.3 Å². The Labute approximate surface area is 260 Å². The molecule has 6 N–H and O–H groups in total. The smallest absolute Gasteiger partial charge is 0.197 e. The van der Waals surface area contributed by atoms with E-state index in [2.05, 4.69) is 0 Å². The van der Waals surface area contributed by atoms with Gasteiger partial charge in [0.1, 0.15) is 68.5 Å². The largest absolute Gasteiger partial charge is 0.508 e. The van der Waals surface area contributed by atoms with Gasteiger partial charge >= 0.3 is 0 Å².